The number of primary sulfonamides is 1. The molecule has 1 fully saturated rings. The van der Waals surface area contributed by atoms with Crippen LogP contribution in [0.15, 0.2) is 59.6 Å². The summed E-state index contributed by atoms with van der Waals surface area (Å²) < 4.78 is 22.7. The number of likely N-dealkylation sites (tertiary alicyclic amines) is 1. The molecule has 1 aliphatic heterocycles. The molecule has 4 rings (SSSR count). The molecule has 1 aromatic heterocycles. The lowest BCUT2D eigenvalue weighted by molar-refractivity contribution is 0.0955. The van der Waals surface area contributed by atoms with Gasteiger partial charge in [0.2, 0.25) is 10.0 Å². The van der Waals surface area contributed by atoms with Crippen molar-refractivity contribution >= 4 is 27.4 Å². The van der Waals surface area contributed by atoms with Crippen molar-refractivity contribution in [1.82, 2.24) is 19.9 Å². The average molecular weight is 502 g/mol. The summed E-state index contributed by atoms with van der Waals surface area (Å²) in [4.78, 5) is 16.6. The first-order chi connectivity index (χ1) is 16.3. The fourth-order valence-corrected chi connectivity index (χ4v) is 4.84. The van der Waals surface area contributed by atoms with E-state index in [9.17, 15) is 13.2 Å². The highest BCUT2D eigenvalue weighted by Crippen LogP contribution is 2.24. The second-order valence-corrected chi connectivity index (χ2v) is 10.8. The molecule has 1 saturated heterocycles. The molecule has 2 heterocycles. The maximum Gasteiger partial charge on any atom is 0.238 e. The topological polar surface area (TPSA) is 111 Å². The van der Waals surface area contributed by atoms with Gasteiger partial charge in [-0.05, 0) is 73.7 Å². The molecule has 1 aliphatic rings. The predicted octanol–water partition coefficient (Wildman–Crippen LogP) is 3.50. The molecule has 8 nitrogen and oxygen atoms in total. The van der Waals surface area contributed by atoms with Crippen LogP contribution in [0, 0.1) is 5.92 Å². The second kappa shape index (κ2) is 10.8. The molecule has 0 bridgehead atoms. The number of halogens is 1. The number of hydrogen-bond donors (Lipinski definition) is 1. The molecule has 0 unspecified atom stereocenters. The molecule has 34 heavy (non-hydrogen) atoms. The van der Waals surface area contributed by atoms with E-state index >= 15 is 0 Å². The summed E-state index contributed by atoms with van der Waals surface area (Å²) in [5.41, 5.74) is 2.44. The van der Waals surface area contributed by atoms with Crippen molar-refractivity contribution in [2.24, 2.45) is 11.1 Å². The summed E-state index contributed by atoms with van der Waals surface area (Å²) in [6, 6.07) is 14.2. The van der Waals surface area contributed by atoms with E-state index in [0.29, 0.717) is 24.6 Å². The summed E-state index contributed by atoms with van der Waals surface area (Å²) >= 11 is 5.96. The fourth-order valence-electron chi connectivity index (χ4n) is 4.19. The Bertz CT molecular complexity index is 1220. The van der Waals surface area contributed by atoms with Crippen LogP contribution in [0.5, 0.6) is 0 Å². The lowest BCUT2D eigenvalue weighted by Gasteiger charge is -2.31. The van der Waals surface area contributed by atoms with Gasteiger partial charge in [-0.2, -0.15) is 9.90 Å². The van der Waals surface area contributed by atoms with E-state index in [1.54, 1.807) is 12.1 Å². The zero-order chi connectivity index (χ0) is 24.1. The summed E-state index contributed by atoms with van der Waals surface area (Å²) in [6.45, 7) is 3.32. The van der Waals surface area contributed by atoms with Crippen molar-refractivity contribution in [3.63, 3.8) is 0 Å². The number of aromatic nitrogens is 3. The van der Waals surface area contributed by atoms with Crippen molar-refractivity contribution in [3.8, 4) is 0 Å². The first-order valence-electron chi connectivity index (χ1n) is 11.3. The SMILES string of the molecule is NS(=O)(=O)c1ccc(Cn2ncc(C(=O)CCC3CCN(Cc4ccc(Cl)cc4)CC3)n2)cc1. The molecule has 0 aliphatic carbocycles. The third-order valence-corrected chi connectivity index (χ3v) is 7.39. The molecule has 3 aromatic rings. The number of sulfonamides is 1. The van der Waals surface area contributed by atoms with Crippen LogP contribution in [0.4, 0.5) is 0 Å². The Morgan fingerprint density at radius 2 is 1.62 bits per heavy atom. The minimum atomic E-state index is -3.72. The number of benzene rings is 2. The monoisotopic (exact) mass is 501 g/mol. The third kappa shape index (κ3) is 6.73. The van der Waals surface area contributed by atoms with E-state index in [1.807, 2.05) is 12.1 Å². The third-order valence-electron chi connectivity index (χ3n) is 6.20. The number of nitrogens with zero attached hydrogens (tertiary/aromatic N) is 4. The van der Waals surface area contributed by atoms with Crippen molar-refractivity contribution in [1.29, 1.82) is 0 Å². The van der Waals surface area contributed by atoms with Gasteiger partial charge in [0, 0.05) is 18.0 Å². The van der Waals surface area contributed by atoms with Crippen molar-refractivity contribution in [2.75, 3.05) is 13.1 Å². The molecule has 0 amide bonds. The smallest absolute Gasteiger partial charge is 0.238 e. The van der Waals surface area contributed by atoms with Crippen molar-refractivity contribution < 1.29 is 13.2 Å². The van der Waals surface area contributed by atoms with E-state index < -0.39 is 10.0 Å². The summed E-state index contributed by atoms with van der Waals surface area (Å²) in [5.74, 6) is 0.539. The van der Waals surface area contributed by atoms with Gasteiger partial charge in [0.25, 0.3) is 0 Å². The van der Waals surface area contributed by atoms with Crippen LogP contribution in [0.25, 0.3) is 0 Å². The van der Waals surface area contributed by atoms with Gasteiger partial charge in [0.1, 0.15) is 5.69 Å². The highest BCUT2D eigenvalue weighted by molar-refractivity contribution is 7.89. The number of piperidine rings is 1. The second-order valence-electron chi connectivity index (χ2n) is 8.76. The lowest BCUT2D eigenvalue weighted by Crippen LogP contribution is -2.33. The molecule has 0 atom stereocenters. The number of carbonyl (C=O) groups excluding carboxylic acids is 1. The van der Waals surface area contributed by atoms with Crippen LogP contribution >= 0.6 is 11.6 Å². The van der Waals surface area contributed by atoms with Crippen LogP contribution in [-0.4, -0.2) is 47.2 Å². The zero-order valence-electron chi connectivity index (χ0n) is 18.8. The minimum Gasteiger partial charge on any atom is -0.299 e. The van der Waals surface area contributed by atoms with Gasteiger partial charge < -0.3 is 0 Å². The number of Topliss-reactive ketones (excluding diaryl/α,β-unsaturated/α-hetero) is 1. The Balaban J connectivity index is 1.22. The molecular weight excluding hydrogens is 474 g/mol. The largest absolute Gasteiger partial charge is 0.299 e. The van der Waals surface area contributed by atoms with Gasteiger partial charge in [0.05, 0.1) is 17.6 Å². The van der Waals surface area contributed by atoms with E-state index in [4.69, 9.17) is 16.7 Å². The fraction of sp³-hybridized carbons (Fsp3) is 0.375. The highest BCUT2D eigenvalue weighted by atomic mass is 35.5. The quantitative estimate of drug-likeness (QED) is 0.449. The van der Waals surface area contributed by atoms with Gasteiger partial charge in [-0.3, -0.25) is 9.69 Å². The van der Waals surface area contributed by atoms with Gasteiger partial charge in [-0.1, -0.05) is 35.9 Å². The predicted molar refractivity (Wildman–Crippen MR) is 130 cm³/mol. The number of rotatable bonds is 9. The van der Waals surface area contributed by atoms with Crippen molar-refractivity contribution in [2.45, 2.75) is 43.7 Å². The molecule has 0 radical (unpaired) electrons. The van der Waals surface area contributed by atoms with Gasteiger partial charge in [-0.15, -0.1) is 5.10 Å². The molecule has 0 spiro atoms. The van der Waals surface area contributed by atoms with Crippen LogP contribution in [0.3, 0.4) is 0 Å². The normalized spacial score (nSPS) is 15.5. The van der Waals surface area contributed by atoms with Crippen molar-refractivity contribution in [3.05, 3.63) is 76.6 Å². The van der Waals surface area contributed by atoms with Crippen LogP contribution in [0.1, 0.15) is 47.3 Å². The number of nitrogens with two attached hydrogens (primary N) is 1. The number of carbonyl (C=O) groups is 1. The zero-order valence-corrected chi connectivity index (χ0v) is 20.4. The van der Waals surface area contributed by atoms with Crippen LogP contribution in [0.2, 0.25) is 5.02 Å². The molecule has 2 aromatic carbocycles. The average Bonchev–Trinajstić information content (AvgIpc) is 3.28. The van der Waals surface area contributed by atoms with Gasteiger partial charge in [-0.25, -0.2) is 13.6 Å². The molecule has 0 saturated carbocycles. The first kappa shape index (κ1) is 24.5. The Morgan fingerprint density at radius 1 is 1.00 bits per heavy atom. The van der Waals surface area contributed by atoms with Gasteiger partial charge in [0.15, 0.2) is 5.78 Å². The van der Waals surface area contributed by atoms with E-state index in [2.05, 4.69) is 27.2 Å². The Kier molecular flexibility index (Phi) is 7.77. The van der Waals surface area contributed by atoms with Gasteiger partial charge >= 0.3 is 0 Å². The van der Waals surface area contributed by atoms with Crippen LogP contribution < -0.4 is 5.14 Å². The van der Waals surface area contributed by atoms with Crippen LogP contribution in [-0.2, 0) is 23.1 Å². The molecule has 2 N–H and O–H groups in total. The minimum absolute atomic E-state index is 0.000540. The first-order valence-corrected chi connectivity index (χ1v) is 13.2. The maximum absolute atomic E-state index is 12.6. The number of hydrogen-bond acceptors (Lipinski definition) is 6. The Hall–Kier alpha value is -2.59. The van der Waals surface area contributed by atoms with E-state index in [-0.39, 0.29) is 10.7 Å². The highest BCUT2D eigenvalue weighted by Gasteiger charge is 2.21. The Labute approximate surface area is 204 Å². The summed E-state index contributed by atoms with van der Waals surface area (Å²) in [5, 5.41) is 14.4. The maximum atomic E-state index is 12.6. The molecular formula is C24H28ClN5O3S. The van der Waals surface area contributed by atoms with E-state index in [0.717, 1.165) is 49.5 Å². The van der Waals surface area contributed by atoms with E-state index in [1.165, 1.54) is 28.7 Å². The molecule has 10 heteroatoms. The standard InChI is InChI=1S/C24H28ClN5O3S/c25-21-6-1-19(2-7-21)16-29-13-11-18(12-14-29)5-10-24(31)23-15-27-30(28-23)17-20-3-8-22(9-4-20)34(26,32)33/h1-4,6-9,15,18H,5,10-14,16-17H2,(H2,26,32,33). The number of ketones is 1. The summed E-state index contributed by atoms with van der Waals surface area (Å²) in [6.07, 6.45) is 4.99. The lowest BCUT2D eigenvalue weighted by atomic mass is 9.91. The Morgan fingerprint density at radius 3 is 2.26 bits per heavy atom. The molecule has 180 valence electrons. The summed E-state index contributed by atoms with van der Waals surface area (Å²) in [7, 11) is -3.72.